The predicted octanol–water partition coefficient (Wildman–Crippen LogP) is 0.622. The van der Waals surface area contributed by atoms with Crippen molar-refractivity contribution in [3.05, 3.63) is 34.8 Å². The average Bonchev–Trinajstić information content (AvgIpc) is 2.67. The molecule has 6 heteroatoms. The van der Waals surface area contributed by atoms with E-state index >= 15 is 0 Å². The Morgan fingerprint density at radius 2 is 2.56 bits per heavy atom. The van der Waals surface area contributed by atoms with E-state index in [1.807, 2.05) is 0 Å². The highest BCUT2D eigenvalue weighted by molar-refractivity contribution is 5.23. The molecule has 0 unspecified atom stereocenters. The van der Waals surface area contributed by atoms with E-state index < -0.39 is 5.69 Å². The van der Waals surface area contributed by atoms with Crippen LogP contribution < -0.4 is 11.4 Å². The summed E-state index contributed by atoms with van der Waals surface area (Å²) in [6.07, 6.45) is 4.28. The van der Waals surface area contributed by atoms with Crippen molar-refractivity contribution < 1.29 is 9.47 Å². The second-order valence-electron chi connectivity index (χ2n) is 3.47. The zero-order valence-corrected chi connectivity index (χ0v) is 8.92. The van der Waals surface area contributed by atoms with E-state index in [9.17, 15) is 4.79 Å². The number of nitrogens with two attached hydrogens (primary N) is 1. The van der Waals surface area contributed by atoms with Gasteiger partial charge in [-0.05, 0) is 6.07 Å². The third-order valence-corrected chi connectivity index (χ3v) is 2.34. The minimum Gasteiger partial charge on any atom is -0.501 e. The van der Waals surface area contributed by atoms with Gasteiger partial charge in [0.1, 0.15) is 17.8 Å². The van der Waals surface area contributed by atoms with Crippen molar-refractivity contribution >= 4 is 5.82 Å². The molecule has 2 rings (SSSR count). The number of rotatable bonds is 2. The predicted molar refractivity (Wildman–Crippen MR) is 57.4 cm³/mol. The summed E-state index contributed by atoms with van der Waals surface area (Å²) in [5.41, 5.74) is 5.01. The Kier molecular flexibility index (Phi) is 2.80. The van der Waals surface area contributed by atoms with Crippen molar-refractivity contribution in [1.82, 2.24) is 9.55 Å². The minimum atomic E-state index is -0.399. The maximum absolute atomic E-state index is 11.5. The molecule has 1 aromatic rings. The zero-order chi connectivity index (χ0) is 11.5. The Labute approximate surface area is 92.3 Å². The first-order valence-corrected chi connectivity index (χ1v) is 4.94. The van der Waals surface area contributed by atoms with Gasteiger partial charge in [-0.2, -0.15) is 4.98 Å². The van der Waals surface area contributed by atoms with Crippen LogP contribution in [0.3, 0.4) is 0 Å². The lowest BCUT2D eigenvalue weighted by molar-refractivity contribution is 0.0871. The molecular formula is C10H13N3O3. The number of anilines is 1. The van der Waals surface area contributed by atoms with Crippen molar-refractivity contribution in [2.75, 3.05) is 12.8 Å². The van der Waals surface area contributed by atoms with Gasteiger partial charge < -0.3 is 15.2 Å². The maximum Gasteiger partial charge on any atom is 0.352 e. The largest absolute Gasteiger partial charge is 0.501 e. The summed E-state index contributed by atoms with van der Waals surface area (Å²) in [4.78, 5) is 15.2. The fourth-order valence-electron chi connectivity index (χ4n) is 1.62. The van der Waals surface area contributed by atoms with Crippen LogP contribution in [0.25, 0.3) is 0 Å². The summed E-state index contributed by atoms with van der Waals surface area (Å²) >= 11 is 0. The van der Waals surface area contributed by atoms with Crippen molar-refractivity contribution in [1.29, 1.82) is 0 Å². The molecule has 0 spiro atoms. The van der Waals surface area contributed by atoms with E-state index in [-0.39, 0.29) is 12.0 Å². The Hall–Kier alpha value is -1.98. The van der Waals surface area contributed by atoms with Crippen LogP contribution in [0.15, 0.2) is 29.1 Å². The first kappa shape index (κ1) is 10.5. The molecule has 1 aliphatic rings. The first-order valence-electron chi connectivity index (χ1n) is 4.94. The normalized spacial score (nSPS) is 22.1. The third kappa shape index (κ3) is 2.00. The fraction of sp³-hybridized carbons (Fsp3) is 0.400. The molecule has 2 heterocycles. The minimum absolute atomic E-state index is 0.215. The van der Waals surface area contributed by atoms with Gasteiger partial charge in [0.25, 0.3) is 0 Å². The van der Waals surface area contributed by atoms with E-state index in [2.05, 4.69) is 4.98 Å². The van der Waals surface area contributed by atoms with Crippen LogP contribution >= 0.6 is 0 Å². The van der Waals surface area contributed by atoms with E-state index in [1.54, 1.807) is 19.4 Å². The summed E-state index contributed by atoms with van der Waals surface area (Å²) < 4.78 is 11.8. The Morgan fingerprint density at radius 3 is 3.25 bits per heavy atom. The number of hydrogen-bond acceptors (Lipinski definition) is 5. The smallest absolute Gasteiger partial charge is 0.352 e. The Bertz CT molecular complexity index is 467. The number of nitrogens with zero attached hydrogens (tertiary/aromatic N) is 2. The summed E-state index contributed by atoms with van der Waals surface area (Å²) in [7, 11) is 1.56. The molecule has 1 fully saturated rings. The standard InChI is InChI=1S/C10H13N3O3/c1-15-6-7-2-3-9(16-7)13-5-4-8(11)12-10(13)14/h4-6,9H,2-3H2,1H3,(H2,11,12,14)/b7-6+/t9-/m0/s1. The molecule has 0 saturated carbocycles. The van der Waals surface area contributed by atoms with Crippen LogP contribution in [0, 0.1) is 0 Å². The molecule has 0 aliphatic carbocycles. The number of allylic oxidation sites excluding steroid dienone is 1. The molecule has 0 radical (unpaired) electrons. The average molecular weight is 223 g/mol. The van der Waals surface area contributed by atoms with Gasteiger partial charge >= 0.3 is 5.69 Å². The molecule has 86 valence electrons. The topological polar surface area (TPSA) is 79.4 Å². The highest BCUT2D eigenvalue weighted by atomic mass is 16.5. The molecule has 2 N–H and O–H groups in total. The van der Waals surface area contributed by atoms with Crippen LogP contribution in [0.5, 0.6) is 0 Å². The second-order valence-corrected chi connectivity index (χ2v) is 3.47. The van der Waals surface area contributed by atoms with Crippen LogP contribution in [-0.2, 0) is 9.47 Å². The summed E-state index contributed by atoms with van der Waals surface area (Å²) in [6, 6.07) is 1.57. The molecule has 16 heavy (non-hydrogen) atoms. The van der Waals surface area contributed by atoms with Crippen LogP contribution in [-0.4, -0.2) is 16.7 Å². The SMILES string of the molecule is CO/C=C1\CC[C@@H](n2ccc(N)nc2=O)O1. The highest BCUT2D eigenvalue weighted by Crippen LogP contribution is 2.29. The lowest BCUT2D eigenvalue weighted by atomic mass is 10.3. The molecule has 1 saturated heterocycles. The summed E-state index contributed by atoms with van der Waals surface area (Å²) in [5, 5.41) is 0. The summed E-state index contributed by atoms with van der Waals surface area (Å²) in [6.45, 7) is 0. The number of methoxy groups -OCH3 is 1. The summed E-state index contributed by atoms with van der Waals surface area (Å²) in [5.74, 6) is 0.947. The molecular weight excluding hydrogens is 210 g/mol. The Morgan fingerprint density at radius 1 is 1.75 bits per heavy atom. The van der Waals surface area contributed by atoms with E-state index in [1.165, 1.54) is 10.8 Å². The first-order chi connectivity index (χ1) is 7.70. The van der Waals surface area contributed by atoms with Crippen LogP contribution in [0.2, 0.25) is 0 Å². The van der Waals surface area contributed by atoms with E-state index in [0.717, 1.165) is 18.6 Å². The monoisotopic (exact) mass is 223 g/mol. The molecule has 1 aliphatic heterocycles. The third-order valence-electron chi connectivity index (χ3n) is 2.34. The highest BCUT2D eigenvalue weighted by Gasteiger charge is 2.23. The van der Waals surface area contributed by atoms with Crippen molar-refractivity contribution in [2.24, 2.45) is 0 Å². The Balaban J connectivity index is 2.21. The van der Waals surface area contributed by atoms with Crippen molar-refractivity contribution in [3.63, 3.8) is 0 Å². The molecule has 0 amide bonds. The molecule has 1 aromatic heterocycles. The van der Waals surface area contributed by atoms with Gasteiger partial charge in [-0.1, -0.05) is 0 Å². The van der Waals surface area contributed by atoms with Gasteiger partial charge in [0.15, 0.2) is 6.23 Å². The molecule has 1 atom stereocenters. The lowest BCUT2D eigenvalue weighted by Gasteiger charge is -2.12. The maximum atomic E-state index is 11.5. The second kappa shape index (κ2) is 4.26. The van der Waals surface area contributed by atoms with Gasteiger partial charge in [-0.3, -0.25) is 4.57 Å². The van der Waals surface area contributed by atoms with Crippen molar-refractivity contribution in [3.8, 4) is 0 Å². The zero-order valence-electron chi connectivity index (χ0n) is 8.92. The fourth-order valence-corrected chi connectivity index (χ4v) is 1.62. The number of aromatic nitrogens is 2. The van der Waals surface area contributed by atoms with E-state index in [0.29, 0.717) is 0 Å². The van der Waals surface area contributed by atoms with Gasteiger partial charge in [0.2, 0.25) is 0 Å². The van der Waals surface area contributed by atoms with E-state index in [4.69, 9.17) is 15.2 Å². The quantitative estimate of drug-likeness (QED) is 0.743. The number of nitrogen functional groups attached to an aromatic ring is 1. The van der Waals surface area contributed by atoms with Gasteiger partial charge in [-0.15, -0.1) is 0 Å². The molecule has 0 bridgehead atoms. The van der Waals surface area contributed by atoms with Gasteiger partial charge in [-0.25, -0.2) is 4.79 Å². The lowest BCUT2D eigenvalue weighted by Crippen LogP contribution is -2.26. The molecule has 6 nitrogen and oxygen atoms in total. The number of ether oxygens (including phenoxy) is 2. The van der Waals surface area contributed by atoms with Crippen molar-refractivity contribution in [2.45, 2.75) is 19.1 Å². The van der Waals surface area contributed by atoms with Crippen LogP contribution in [0.1, 0.15) is 19.1 Å². The van der Waals surface area contributed by atoms with Gasteiger partial charge in [0.05, 0.1) is 7.11 Å². The van der Waals surface area contributed by atoms with Crippen LogP contribution in [0.4, 0.5) is 5.82 Å². The van der Waals surface area contributed by atoms with Gasteiger partial charge in [0, 0.05) is 19.0 Å². The number of hydrogen-bond donors (Lipinski definition) is 1. The molecule has 0 aromatic carbocycles.